The summed E-state index contributed by atoms with van der Waals surface area (Å²) in [5.74, 6) is -0.664. The molecule has 0 saturated heterocycles. The first-order chi connectivity index (χ1) is 15.2. The van der Waals surface area contributed by atoms with Crippen LogP contribution < -0.4 is 9.73 Å². The zero-order chi connectivity index (χ0) is 23.3. The summed E-state index contributed by atoms with van der Waals surface area (Å²) in [5, 5.41) is 4.96. The van der Waals surface area contributed by atoms with E-state index in [1.807, 2.05) is 0 Å². The van der Waals surface area contributed by atoms with Gasteiger partial charge in [0.05, 0.1) is 26.8 Å². The fraction of sp³-hybridized carbons (Fsp3) is 0.0909. The quantitative estimate of drug-likeness (QED) is 0.346. The van der Waals surface area contributed by atoms with E-state index in [9.17, 15) is 13.2 Å². The Hall–Kier alpha value is -2.58. The third kappa shape index (κ3) is 5.42. The molecule has 1 amide bonds. The molecule has 0 spiro atoms. The van der Waals surface area contributed by atoms with E-state index in [1.165, 1.54) is 18.3 Å². The van der Waals surface area contributed by atoms with Crippen LogP contribution in [0.3, 0.4) is 0 Å². The SMILES string of the molecule is Cc1c(Cl)cccc1N(CC(=O)N/N=C\c1c(Cl)cccc1Cl)S(=O)(=O)c1ccccc1. The van der Waals surface area contributed by atoms with Crippen LogP contribution in [0.5, 0.6) is 0 Å². The van der Waals surface area contributed by atoms with E-state index in [2.05, 4.69) is 10.5 Å². The summed E-state index contributed by atoms with van der Waals surface area (Å²) in [7, 11) is -4.06. The van der Waals surface area contributed by atoms with Crippen molar-refractivity contribution >= 4 is 62.6 Å². The summed E-state index contributed by atoms with van der Waals surface area (Å²) in [6.07, 6.45) is 1.29. The molecule has 0 atom stereocenters. The molecule has 0 unspecified atom stereocenters. The second kappa shape index (κ2) is 10.4. The number of amides is 1. The molecule has 0 bridgehead atoms. The molecule has 0 radical (unpaired) electrons. The van der Waals surface area contributed by atoms with E-state index in [4.69, 9.17) is 34.8 Å². The monoisotopic (exact) mass is 509 g/mol. The van der Waals surface area contributed by atoms with Crippen molar-refractivity contribution in [2.24, 2.45) is 5.10 Å². The molecule has 0 aliphatic heterocycles. The summed E-state index contributed by atoms with van der Waals surface area (Å²) in [6.45, 7) is 1.16. The number of nitrogens with one attached hydrogen (secondary N) is 1. The van der Waals surface area contributed by atoms with Crippen LogP contribution in [0.1, 0.15) is 11.1 Å². The number of rotatable bonds is 7. The molecule has 0 heterocycles. The molecule has 0 aromatic heterocycles. The normalized spacial score (nSPS) is 11.5. The lowest BCUT2D eigenvalue weighted by atomic mass is 10.2. The average Bonchev–Trinajstić information content (AvgIpc) is 2.77. The van der Waals surface area contributed by atoms with E-state index in [0.29, 0.717) is 26.2 Å². The summed E-state index contributed by atoms with van der Waals surface area (Å²) < 4.78 is 27.7. The van der Waals surface area contributed by atoms with Crippen LogP contribution in [0.2, 0.25) is 15.1 Å². The predicted molar refractivity (Wildman–Crippen MR) is 129 cm³/mol. The highest BCUT2D eigenvalue weighted by atomic mass is 35.5. The lowest BCUT2D eigenvalue weighted by Gasteiger charge is -2.25. The fourth-order valence-corrected chi connectivity index (χ4v) is 5.02. The van der Waals surface area contributed by atoms with Gasteiger partial charge in [-0.1, -0.05) is 65.1 Å². The topological polar surface area (TPSA) is 78.8 Å². The highest BCUT2D eigenvalue weighted by molar-refractivity contribution is 7.92. The van der Waals surface area contributed by atoms with Crippen molar-refractivity contribution in [3.8, 4) is 0 Å². The van der Waals surface area contributed by atoms with Crippen LogP contribution in [0.4, 0.5) is 5.69 Å². The zero-order valence-electron chi connectivity index (χ0n) is 16.8. The number of benzene rings is 3. The summed E-state index contributed by atoms with van der Waals surface area (Å²) in [6, 6.07) is 17.6. The smallest absolute Gasteiger partial charge is 0.264 e. The van der Waals surface area contributed by atoms with Crippen molar-refractivity contribution in [1.29, 1.82) is 0 Å². The summed E-state index contributed by atoms with van der Waals surface area (Å²) in [5.41, 5.74) is 3.55. The Bertz CT molecular complexity index is 1250. The summed E-state index contributed by atoms with van der Waals surface area (Å²) in [4.78, 5) is 12.7. The standard InChI is InChI=1S/C22H18Cl3N3O3S/c1-15-18(23)9-6-12-21(15)28(32(30,31)16-7-3-2-4-8-16)14-22(29)27-26-13-17-19(24)10-5-11-20(17)25/h2-13H,14H2,1H3,(H,27,29)/b26-13-. The van der Waals surface area contributed by atoms with Gasteiger partial charge in [-0.15, -0.1) is 0 Å². The van der Waals surface area contributed by atoms with Gasteiger partial charge in [0, 0.05) is 10.6 Å². The largest absolute Gasteiger partial charge is 0.271 e. The van der Waals surface area contributed by atoms with Crippen LogP contribution in [-0.2, 0) is 14.8 Å². The van der Waals surface area contributed by atoms with Crippen molar-refractivity contribution < 1.29 is 13.2 Å². The van der Waals surface area contributed by atoms with Crippen molar-refractivity contribution in [3.63, 3.8) is 0 Å². The van der Waals surface area contributed by atoms with E-state index in [-0.39, 0.29) is 10.6 Å². The lowest BCUT2D eigenvalue weighted by molar-refractivity contribution is -0.119. The fourth-order valence-electron chi connectivity index (χ4n) is 2.85. The van der Waals surface area contributed by atoms with Gasteiger partial charge in [0.25, 0.3) is 15.9 Å². The van der Waals surface area contributed by atoms with E-state index in [1.54, 1.807) is 61.5 Å². The molecule has 1 N–H and O–H groups in total. The Morgan fingerprint density at radius 2 is 1.53 bits per heavy atom. The number of hydrogen-bond acceptors (Lipinski definition) is 4. The zero-order valence-corrected chi connectivity index (χ0v) is 19.9. The molecule has 0 saturated carbocycles. The van der Waals surface area contributed by atoms with Gasteiger partial charge in [0.1, 0.15) is 6.54 Å². The van der Waals surface area contributed by atoms with Crippen LogP contribution >= 0.6 is 34.8 Å². The molecule has 0 fully saturated rings. The second-order valence-corrected chi connectivity index (χ2v) is 9.72. The molecule has 6 nitrogen and oxygen atoms in total. The Morgan fingerprint density at radius 3 is 2.19 bits per heavy atom. The molecular formula is C22H18Cl3N3O3S. The lowest BCUT2D eigenvalue weighted by Crippen LogP contribution is -2.40. The van der Waals surface area contributed by atoms with Gasteiger partial charge >= 0.3 is 0 Å². The third-order valence-electron chi connectivity index (χ3n) is 4.51. The van der Waals surface area contributed by atoms with Crippen LogP contribution in [0.25, 0.3) is 0 Å². The summed E-state index contributed by atoms with van der Waals surface area (Å²) >= 11 is 18.4. The van der Waals surface area contributed by atoms with E-state index in [0.717, 1.165) is 4.31 Å². The van der Waals surface area contributed by atoms with Crippen LogP contribution in [-0.4, -0.2) is 27.1 Å². The highest BCUT2D eigenvalue weighted by Crippen LogP contribution is 2.30. The Labute approximate surface area is 201 Å². The van der Waals surface area contributed by atoms with Gasteiger partial charge in [-0.25, -0.2) is 13.8 Å². The van der Waals surface area contributed by atoms with Crippen LogP contribution in [0.15, 0.2) is 76.7 Å². The number of hydrogen-bond donors (Lipinski definition) is 1. The molecule has 3 aromatic rings. The van der Waals surface area contributed by atoms with Gasteiger partial charge in [-0.05, 0) is 48.9 Å². The minimum atomic E-state index is -4.06. The van der Waals surface area contributed by atoms with E-state index < -0.39 is 22.5 Å². The van der Waals surface area contributed by atoms with Gasteiger partial charge in [0.2, 0.25) is 0 Å². The van der Waals surface area contributed by atoms with Gasteiger partial charge in [0.15, 0.2) is 0 Å². The van der Waals surface area contributed by atoms with Gasteiger partial charge in [-0.3, -0.25) is 9.10 Å². The van der Waals surface area contributed by atoms with Crippen molar-refractivity contribution in [1.82, 2.24) is 5.43 Å². The maximum Gasteiger partial charge on any atom is 0.264 e. The highest BCUT2D eigenvalue weighted by Gasteiger charge is 2.28. The molecule has 0 aliphatic carbocycles. The second-order valence-electron chi connectivity index (χ2n) is 6.64. The molecule has 32 heavy (non-hydrogen) atoms. The van der Waals surface area contributed by atoms with Crippen molar-refractivity contribution in [2.45, 2.75) is 11.8 Å². The number of anilines is 1. The molecule has 166 valence electrons. The van der Waals surface area contributed by atoms with Gasteiger partial charge in [-0.2, -0.15) is 5.10 Å². The number of hydrazone groups is 1. The van der Waals surface area contributed by atoms with Crippen molar-refractivity contribution in [2.75, 3.05) is 10.8 Å². The first-order valence-corrected chi connectivity index (χ1v) is 11.9. The minimum absolute atomic E-state index is 0.0403. The number of halogens is 3. The number of carbonyl (C=O) groups excluding carboxylic acids is 1. The number of carbonyl (C=O) groups is 1. The van der Waals surface area contributed by atoms with E-state index >= 15 is 0 Å². The molecule has 3 rings (SSSR count). The predicted octanol–water partition coefficient (Wildman–Crippen LogP) is 5.30. The Morgan fingerprint density at radius 1 is 0.938 bits per heavy atom. The van der Waals surface area contributed by atoms with Gasteiger partial charge < -0.3 is 0 Å². The Kier molecular flexibility index (Phi) is 7.79. The first kappa shape index (κ1) is 24.1. The average molecular weight is 511 g/mol. The number of nitrogens with zero attached hydrogens (tertiary/aromatic N) is 2. The van der Waals surface area contributed by atoms with Crippen LogP contribution in [0, 0.1) is 6.92 Å². The third-order valence-corrected chi connectivity index (χ3v) is 7.35. The molecule has 0 aliphatic rings. The number of sulfonamides is 1. The molecule has 10 heteroatoms. The first-order valence-electron chi connectivity index (χ1n) is 9.30. The maximum absolute atomic E-state index is 13.3. The minimum Gasteiger partial charge on any atom is -0.271 e. The van der Waals surface area contributed by atoms with Crippen molar-refractivity contribution in [3.05, 3.63) is 92.9 Å². The molecule has 3 aromatic carbocycles. The molecular weight excluding hydrogens is 493 g/mol. The maximum atomic E-state index is 13.3. The Balaban J connectivity index is 1.90.